The van der Waals surface area contributed by atoms with Crippen LogP contribution in [0.5, 0.6) is 0 Å². The summed E-state index contributed by atoms with van der Waals surface area (Å²) in [6.07, 6.45) is 1.89. The monoisotopic (exact) mass is 294 g/mol. The third-order valence-corrected chi connectivity index (χ3v) is 5.08. The molecule has 106 valence electrons. The lowest BCUT2D eigenvalue weighted by molar-refractivity contribution is -0.428. The van der Waals surface area contributed by atoms with E-state index in [4.69, 9.17) is 4.99 Å². The topological polar surface area (TPSA) is 44.5 Å². The van der Waals surface area contributed by atoms with Crippen LogP contribution in [0.3, 0.4) is 0 Å². The third kappa shape index (κ3) is 2.12. The van der Waals surface area contributed by atoms with Crippen LogP contribution in [0.15, 0.2) is 23.2 Å². The number of amidine groups is 1. The van der Waals surface area contributed by atoms with Gasteiger partial charge in [-0.2, -0.15) is 0 Å². The summed E-state index contributed by atoms with van der Waals surface area (Å²) < 4.78 is 15.0. The number of rotatable bonds is 2. The summed E-state index contributed by atoms with van der Waals surface area (Å²) in [6.45, 7) is 0. The van der Waals surface area contributed by atoms with Crippen molar-refractivity contribution in [1.82, 2.24) is 5.32 Å². The van der Waals surface area contributed by atoms with Gasteiger partial charge in [-0.3, -0.25) is 4.99 Å². The molecule has 1 aliphatic heterocycles. The highest BCUT2D eigenvalue weighted by molar-refractivity contribution is 8.13. The Morgan fingerprint density at radius 3 is 3.05 bits per heavy atom. The zero-order chi connectivity index (χ0) is 14.3. The Hall–Kier alpha value is -1.43. The third-order valence-electron chi connectivity index (χ3n) is 4.07. The van der Waals surface area contributed by atoms with Crippen molar-refractivity contribution in [1.29, 1.82) is 0 Å². The molecule has 0 aromatic heterocycles. The lowest BCUT2D eigenvalue weighted by Crippen LogP contribution is -2.18. The van der Waals surface area contributed by atoms with Crippen LogP contribution in [0, 0.1) is 16.6 Å². The van der Waals surface area contributed by atoms with Gasteiger partial charge in [-0.1, -0.05) is 11.8 Å². The van der Waals surface area contributed by atoms with Gasteiger partial charge >= 0.3 is 0 Å². The number of benzene rings is 1. The maximum atomic E-state index is 14.2. The summed E-state index contributed by atoms with van der Waals surface area (Å²) in [6, 6.07) is 4.53. The van der Waals surface area contributed by atoms with Gasteiger partial charge in [0.15, 0.2) is 12.2 Å². The number of nitroso groups, excluding NO2 is 1. The molecule has 6 heteroatoms. The van der Waals surface area contributed by atoms with E-state index in [0.29, 0.717) is 17.2 Å². The Morgan fingerprint density at radius 2 is 2.35 bits per heavy atom. The zero-order valence-corrected chi connectivity index (χ0v) is 12.3. The van der Waals surface area contributed by atoms with Crippen LogP contribution in [0.1, 0.15) is 18.4 Å². The molecule has 0 bridgehead atoms. The molecule has 4 nitrogen and oxygen atoms in total. The first-order valence-electron chi connectivity index (χ1n) is 6.68. The van der Waals surface area contributed by atoms with Crippen molar-refractivity contribution in [3.05, 3.63) is 34.5 Å². The molecule has 1 N–H and O–H groups in total. The van der Waals surface area contributed by atoms with Gasteiger partial charge in [0.1, 0.15) is 5.82 Å². The van der Waals surface area contributed by atoms with E-state index in [1.54, 1.807) is 17.8 Å². The average molecular weight is 294 g/mol. The second-order valence-electron chi connectivity index (χ2n) is 5.29. The van der Waals surface area contributed by atoms with Crippen molar-refractivity contribution in [2.24, 2.45) is 10.9 Å². The van der Waals surface area contributed by atoms with Crippen LogP contribution in [0.2, 0.25) is 0 Å². The van der Waals surface area contributed by atoms with Crippen LogP contribution in [0.25, 0.3) is 0 Å². The standard InChI is InChI=1S/C14H17FN3OS/c1-16-13-17-14(8-9(14)5-6-20-13)11-7-10(18(2)19)3-4-12(11)15/h3-4,7,9H,5-6,8H2,1-2H3,(H,16,17)/q+1/t9-,14+/m1/s1. The first kappa shape index (κ1) is 13.5. The predicted octanol–water partition coefficient (Wildman–Crippen LogP) is 2.79. The lowest BCUT2D eigenvalue weighted by Gasteiger charge is -2.14. The highest BCUT2D eigenvalue weighted by Crippen LogP contribution is 2.59. The molecule has 0 spiro atoms. The van der Waals surface area contributed by atoms with E-state index in [1.807, 2.05) is 7.05 Å². The molecule has 0 saturated heterocycles. The molecule has 1 aromatic rings. The highest BCUT2D eigenvalue weighted by atomic mass is 32.2. The van der Waals surface area contributed by atoms with E-state index < -0.39 is 5.54 Å². The molecular weight excluding hydrogens is 277 g/mol. The molecule has 0 radical (unpaired) electrons. The number of nitrogens with zero attached hydrogens (tertiary/aromatic N) is 2. The smallest absolute Gasteiger partial charge is 0.256 e. The molecule has 3 rings (SSSR count). The highest BCUT2D eigenvalue weighted by Gasteiger charge is 2.57. The van der Waals surface area contributed by atoms with E-state index >= 15 is 0 Å². The van der Waals surface area contributed by atoms with E-state index in [1.165, 1.54) is 19.2 Å². The zero-order valence-electron chi connectivity index (χ0n) is 11.5. The number of aliphatic imine (C=N–C) groups is 1. The maximum Gasteiger partial charge on any atom is 0.256 e. The van der Waals surface area contributed by atoms with E-state index in [0.717, 1.165) is 28.5 Å². The predicted molar refractivity (Wildman–Crippen MR) is 79.0 cm³/mol. The van der Waals surface area contributed by atoms with Crippen molar-refractivity contribution in [3.63, 3.8) is 0 Å². The Labute approximate surface area is 121 Å². The van der Waals surface area contributed by atoms with Gasteiger partial charge in [0.05, 0.1) is 5.54 Å². The molecule has 0 amide bonds. The van der Waals surface area contributed by atoms with Crippen molar-refractivity contribution in [2.75, 3.05) is 19.8 Å². The fourth-order valence-electron chi connectivity index (χ4n) is 2.86. The van der Waals surface area contributed by atoms with Crippen LogP contribution in [-0.4, -0.2) is 29.8 Å². The molecule has 1 fully saturated rings. The Morgan fingerprint density at radius 1 is 1.55 bits per heavy atom. The van der Waals surface area contributed by atoms with Gasteiger partial charge < -0.3 is 5.32 Å². The summed E-state index contributed by atoms with van der Waals surface area (Å²) >= 11 is 1.67. The fraction of sp³-hybridized carbons (Fsp3) is 0.500. The van der Waals surface area contributed by atoms with Crippen molar-refractivity contribution >= 4 is 22.6 Å². The summed E-state index contributed by atoms with van der Waals surface area (Å²) in [4.78, 5) is 16.2. The molecule has 1 saturated carbocycles. The summed E-state index contributed by atoms with van der Waals surface area (Å²) in [5.74, 6) is 1.10. The Bertz CT molecular complexity index is 604. The van der Waals surface area contributed by atoms with Gasteiger partial charge in [-0.15, -0.1) is 0 Å². The molecule has 2 aliphatic rings. The number of nitrogens with one attached hydrogen (secondary N) is 1. The fourth-order valence-corrected chi connectivity index (χ4v) is 3.83. The SMILES string of the molecule is CNC1=N[C@@]2(c3cc([N+](C)=O)ccc3F)C[C@H]2CCS1. The van der Waals surface area contributed by atoms with Gasteiger partial charge in [0.25, 0.3) is 5.69 Å². The molecule has 1 heterocycles. The minimum atomic E-state index is -0.474. The summed E-state index contributed by atoms with van der Waals surface area (Å²) in [5.41, 5.74) is 0.551. The summed E-state index contributed by atoms with van der Waals surface area (Å²) in [7, 11) is 3.25. The number of hydrogen-bond donors (Lipinski definition) is 1. The van der Waals surface area contributed by atoms with Crippen molar-refractivity contribution in [2.45, 2.75) is 18.4 Å². The van der Waals surface area contributed by atoms with Crippen LogP contribution >= 0.6 is 11.8 Å². The molecule has 20 heavy (non-hydrogen) atoms. The Kier molecular flexibility index (Phi) is 3.28. The van der Waals surface area contributed by atoms with E-state index in [2.05, 4.69) is 5.32 Å². The minimum absolute atomic E-state index is 0.274. The number of thioether (sulfide) groups is 1. The van der Waals surface area contributed by atoms with Crippen molar-refractivity contribution in [3.8, 4) is 0 Å². The Balaban J connectivity index is 2.08. The molecular formula is C14H17FN3OS+. The minimum Gasteiger partial charge on any atom is -0.368 e. The normalized spacial score (nSPS) is 28.1. The first-order chi connectivity index (χ1) is 9.56. The van der Waals surface area contributed by atoms with Crippen LogP contribution in [0.4, 0.5) is 10.1 Å². The molecule has 0 unspecified atom stereocenters. The largest absolute Gasteiger partial charge is 0.368 e. The van der Waals surface area contributed by atoms with Gasteiger partial charge in [0.2, 0.25) is 0 Å². The maximum absolute atomic E-state index is 14.2. The van der Waals surface area contributed by atoms with E-state index in [9.17, 15) is 9.30 Å². The van der Waals surface area contributed by atoms with Gasteiger partial charge in [0, 0.05) is 40.2 Å². The van der Waals surface area contributed by atoms with Crippen LogP contribution in [-0.2, 0) is 5.54 Å². The quantitative estimate of drug-likeness (QED) is 0.853. The molecule has 2 atom stereocenters. The van der Waals surface area contributed by atoms with Gasteiger partial charge in [-0.05, 0) is 24.8 Å². The van der Waals surface area contributed by atoms with E-state index in [-0.39, 0.29) is 5.82 Å². The summed E-state index contributed by atoms with van der Waals surface area (Å²) in [5, 5.41) is 3.92. The number of halogens is 1. The van der Waals surface area contributed by atoms with Crippen molar-refractivity contribution < 1.29 is 9.15 Å². The average Bonchev–Trinajstić information content (AvgIpc) is 3.12. The van der Waals surface area contributed by atoms with Crippen LogP contribution < -0.4 is 5.32 Å². The second kappa shape index (κ2) is 4.84. The molecule has 1 aromatic carbocycles. The van der Waals surface area contributed by atoms with Gasteiger partial charge in [-0.25, -0.2) is 4.39 Å². The first-order valence-corrected chi connectivity index (χ1v) is 7.66. The lowest BCUT2D eigenvalue weighted by atomic mass is 10.0. The number of hydrogen-bond acceptors (Lipinski definition) is 4. The molecule has 1 aliphatic carbocycles. The number of fused-ring (bicyclic) bond motifs is 1. The second-order valence-corrected chi connectivity index (χ2v) is 6.37.